The van der Waals surface area contributed by atoms with Crippen molar-refractivity contribution in [3.63, 3.8) is 0 Å². The van der Waals surface area contributed by atoms with Gasteiger partial charge in [0.25, 0.3) is 0 Å². The first-order valence-corrected chi connectivity index (χ1v) is 7.53. The predicted molar refractivity (Wildman–Crippen MR) is 89.5 cm³/mol. The molecule has 1 fully saturated rings. The monoisotopic (exact) mass is 355 g/mol. The van der Waals surface area contributed by atoms with Gasteiger partial charge in [0, 0.05) is 24.3 Å². The van der Waals surface area contributed by atoms with E-state index < -0.39 is 5.54 Å². The number of amides is 1. The summed E-state index contributed by atoms with van der Waals surface area (Å²) < 4.78 is 5.26. The zero-order valence-electron chi connectivity index (χ0n) is 12.3. The van der Waals surface area contributed by atoms with Crippen LogP contribution in [0.5, 0.6) is 0 Å². The van der Waals surface area contributed by atoms with Crippen LogP contribution >= 0.6 is 36.2 Å². The van der Waals surface area contributed by atoms with E-state index in [1.54, 1.807) is 11.3 Å². The first kappa shape index (κ1) is 20.6. The highest BCUT2D eigenvalue weighted by molar-refractivity contribution is 7.09. The van der Waals surface area contributed by atoms with Crippen LogP contribution in [0.3, 0.4) is 0 Å². The summed E-state index contributed by atoms with van der Waals surface area (Å²) in [6.07, 6.45) is 1.96. The second kappa shape index (κ2) is 8.90. The van der Waals surface area contributed by atoms with Crippen molar-refractivity contribution in [2.45, 2.75) is 44.7 Å². The fourth-order valence-electron chi connectivity index (χ4n) is 2.14. The van der Waals surface area contributed by atoms with Gasteiger partial charge in [-0.15, -0.1) is 36.2 Å². The Balaban J connectivity index is 0.00000200. The molecule has 1 aromatic rings. The minimum absolute atomic E-state index is 0. The van der Waals surface area contributed by atoms with Gasteiger partial charge in [0.05, 0.1) is 11.6 Å². The molecule has 0 aromatic carbocycles. The Labute approximate surface area is 141 Å². The van der Waals surface area contributed by atoms with Gasteiger partial charge in [-0.05, 0) is 26.2 Å². The van der Waals surface area contributed by atoms with E-state index in [0.29, 0.717) is 26.1 Å². The van der Waals surface area contributed by atoms with Crippen molar-refractivity contribution in [1.82, 2.24) is 10.3 Å². The highest BCUT2D eigenvalue weighted by atomic mass is 35.5. The van der Waals surface area contributed by atoms with E-state index in [1.807, 2.05) is 19.2 Å². The summed E-state index contributed by atoms with van der Waals surface area (Å²) in [6, 6.07) is -0.0468. The molecule has 1 aliphatic heterocycles. The van der Waals surface area contributed by atoms with Crippen LogP contribution in [0.25, 0.3) is 0 Å². The highest BCUT2D eigenvalue weighted by Gasteiger charge is 2.37. The minimum Gasteiger partial charge on any atom is -0.381 e. The second-order valence-electron chi connectivity index (χ2n) is 5.03. The number of halogens is 2. The van der Waals surface area contributed by atoms with E-state index in [0.717, 1.165) is 17.1 Å². The van der Waals surface area contributed by atoms with Gasteiger partial charge >= 0.3 is 0 Å². The minimum atomic E-state index is -0.794. The van der Waals surface area contributed by atoms with E-state index in [1.165, 1.54) is 0 Å². The molecule has 5 nitrogen and oxygen atoms in total. The standard InChI is InChI=1S/C13H21N3O2S.2ClH/c1-3-10(11-15-9(2)8-19-11)16-12(17)13(14)4-6-18-7-5-13;;/h8,10H,3-7,14H2,1-2H3,(H,16,17);2*1H. The number of aromatic nitrogens is 1. The molecule has 1 aliphatic rings. The molecule has 1 atom stereocenters. The largest absolute Gasteiger partial charge is 0.381 e. The quantitative estimate of drug-likeness (QED) is 0.868. The maximum absolute atomic E-state index is 12.4. The lowest BCUT2D eigenvalue weighted by Crippen LogP contribution is -2.57. The van der Waals surface area contributed by atoms with Crippen molar-refractivity contribution < 1.29 is 9.53 Å². The second-order valence-corrected chi connectivity index (χ2v) is 5.92. The normalized spacial score (nSPS) is 18.0. The molecule has 0 saturated carbocycles. The predicted octanol–water partition coefficient (Wildman–Crippen LogP) is 2.37. The van der Waals surface area contributed by atoms with Crippen molar-refractivity contribution in [2.24, 2.45) is 5.73 Å². The molecule has 1 amide bonds. The molecule has 0 radical (unpaired) electrons. The number of rotatable bonds is 4. The molecule has 21 heavy (non-hydrogen) atoms. The van der Waals surface area contributed by atoms with Crippen molar-refractivity contribution in [1.29, 1.82) is 0 Å². The Morgan fingerprint density at radius 3 is 2.62 bits per heavy atom. The lowest BCUT2D eigenvalue weighted by molar-refractivity contribution is -0.130. The Morgan fingerprint density at radius 1 is 1.52 bits per heavy atom. The van der Waals surface area contributed by atoms with Gasteiger partial charge < -0.3 is 15.8 Å². The zero-order valence-corrected chi connectivity index (χ0v) is 14.7. The smallest absolute Gasteiger partial charge is 0.240 e. The van der Waals surface area contributed by atoms with Gasteiger partial charge in [0.1, 0.15) is 5.01 Å². The fraction of sp³-hybridized carbons (Fsp3) is 0.692. The Morgan fingerprint density at radius 2 is 2.14 bits per heavy atom. The van der Waals surface area contributed by atoms with Crippen LogP contribution in [0.1, 0.15) is 42.9 Å². The van der Waals surface area contributed by atoms with E-state index in [-0.39, 0.29) is 36.8 Å². The maximum atomic E-state index is 12.4. The molecular weight excluding hydrogens is 333 g/mol. The summed E-state index contributed by atoms with van der Waals surface area (Å²) in [5.74, 6) is -0.0875. The lowest BCUT2D eigenvalue weighted by atomic mass is 9.90. The van der Waals surface area contributed by atoms with Crippen LogP contribution in [0, 0.1) is 6.92 Å². The van der Waals surface area contributed by atoms with Gasteiger partial charge in [0.2, 0.25) is 5.91 Å². The number of nitrogens with zero attached hydrogens (tertiary/aromatic N) is 1. The first-order chi connectivity index (χ1) is 9.05. The third-order valence-corrected chi connectivity index (χ3v) is 4.56. The number of hydrogen-bond acceptors (Lipinski definition) is 5. The first-order valence-electron chi connectivity index (χ1n) is 6.65. The van der Waals surface area contributed by atoms with Crippen molar-refractivity contribution in [3.8, 4) is 0 Å². The average Bonchev–Trinajstić information content (AvgIpc) is 2.83. The number of thiazole rings is 1. The molecular formula is C13H23Cl2N3O2S. The average molecular weight is 356 g/mol. The van der Waals surface area contributed by atoms with Crippen LogP contribution < -0.4 is 11.1 Å². The molecule has 0 bridgehead atoms. The van der Waals surface area contributed by atoms with E-state index >= 15 is 0 Å². The SMILES string of the molecule is CCC(NC(=O)C1(N)CCOCC1)c1nc(C)cs1.Cl.Cl. The van der Waals surface area contributed by atoms with Crippen LogP contribution in [-0.2, 0) is 9.53 Å². The molecule has 8 heteroatoms. The summed E-state index contributed by atoms with van der Waals surface area (Å²) in [4.78, 5) is 16.8. The summed E-state index contributed by atoms with van der Waals surface area (Å²) in [5.41, 5.74) is 6.37. The summed E-state index contributed by atoms with van der Waals surface area (Å²) >= 11 is 1.58. The van der Waals surface area contributed by atoms with E-state index in [2.05, 4.69) is 10.3 Å². The molecule has 0 spiro atoms. The molecule has 2 heterocycles. The van der Waals surface area contributed by atoms with Crippen LogP contribution in [0.4, 0.5) is 0 Å². The number of ether oxygens (including phenoxy) is 1. The van der Waals surface area contributed by atoms with Gasteiger partial charge in [-0.3, -0.25) is 4.79 Å². The lowest BCUT2D eigenvalue weighted by Gasteiger charge is -2.33. The molecule has 1 aromatic heterocycles. The number of hydrogen-bond donors (Lipinski definition) is 2. The molecule has 3 N–H and O–H groups in total. The number of nitrogens with one attached hydrogen (secondary N) is 1. The van der Waals surface area contributed by atoms with Gasteiger partial charge in [-0.2, -0.15) is 0 Å². The molecule has 0 aliphatic carbocycles. The van der Waals surface area contributed by atoms with E-state index in [9.17, 15) is 4.79 Å². The molecule has 122 valence electrons. The van der Waals surface area contributed by atoms with Crippen molar-refractivity contribution in [2.75, 3.05) is 13.2 Å². The third kappa shape index (κ3) is 5.07. The number of aryl methyl sites for hydroxylation is 1. The van der Waals surface area contributed by atoms with Gasteiger partial charge in [-0.25, -0.2) is 4.98 Å². The Kier molecular flexibility index (Phi) is 8.73. The zero-order chi connectivity index (χ0) is 13.9. The third-order valence-electron chi connectivity index (χ3n) is 3.49. The summed E-state index contributed by atoms with van der Waals surface area (Å²) in [7, 11) is 0. The number of carbonyl (C=O) groups excluding carboxylic acids is 1. The number of nitrogens with two attached hydrogens (primary N) is 1. The number of carbonyl (C=O) groups is 1. The summed E-state index contributed by atoms with van der Waals surface area (Å²) in [5, 5.41) is 5.98. The topological polar surface area (TPSA) is 77.2 Å². The fourth-order valence-corrected chi connectivity index (χ4v) is 3.07. The van der Waals surface area contributed by atoms with Crippen molar-refractivity contribution in [3.05, 3.63) is 16.1 Å². The molecule has 1 saturated heterocycles. The maximum Gasteiger partial charge on any atom is 0.240 e. The van der Waals surface area contributed by atoms with Gasteiger partial charge in [0.15, 0.2) is 0 Å². The molecule has 1 unspecified atom stereocenters. The summed E-state index contributed by atoms with van der Waals surface area (Å²) in [6.45, 7) is 5.10. The van der Waals surface area contributed by atoms with Crippen LogP contribution in [0.15, 0.2) is 5.38 Å². The van der Waals surface area contributed by atoms with Gasteiger partial charge in [-0.1, -0.05) is 6.92 Å². The van der Waals surface area contributed by atoms with Crippen LogP contribution in [0.2, 0.25) is 0 Å². The van der Waals surface area contributed by atoms with Crippen molar-refractivity contribution >= 4 is 42.1 Å². The van der Waals surface area contributed by atoms with E-state index in [4.69, 9.17) is 10.5 Å². The van der Waals surface area contributed by atoms with Crippen LogP contribution in [-0.4, -0.2) is 29.6 Å². The Bertz CT molecular complexity index is 450. The molecule has 2 rings (SSSR count). The Hall–Kier alpha value is -0.400. The highest BCUT2D eigenvalue weighted by Crippen LogP contribution is 2.24.